The molecule has 2 atom stereocenters. The number of amides is 2. The Balaban J connectivity index is 1.66. The third-order valence-corrected chi connectivity index (χ3v) is 7.65. The molecule has 190 valence electrons. The van der Waals surface area contributed by atoms with E-state index in [9.17, 15) is 9.59 Å². The van der Waals surface area contributed by atoms with Crippen molar-refractivity contribution in [3.63, 3.8) is 0 Å². The minimum absolute atomic E-state index is 0.0114. The van der Waals surface area contributed by atoms with Crippen LogP contribution in [0.3, 0.4) is 0 Å². The monoisotopic (exact) mass is 489 g/mol. The lowest BCUT2D eigenvalue weighted by molar-refractivity contribution is -0.166. The zero-order valence-corrected chi connectivity index (χ0v) is 21.6. The molecule has 0 spiro atoms. The second-order valence-corrected chi connectivity index (χ2v) is 9.93. The standard InChI is InChI=1S/C29H35N3O4/c1-5-7-14-31-18-25(33)32-17-21(19-12-13-23(36-15-6-2)24(16-19)35-4)26-20-10-8-9-11-22(20)30-27(26)29(32,3)28(31)34/h8-13,16,21,30H,5-7,14-15,17-18H2,1-4H3/t21?,29-/m0/s1. The van der Waals surface area contributed by atoms with E-state index in [2.05, 4.69) is 31.0 Å². The quantitative estimate of drug-likeness (QED) is 0.493. The normalized spacial score (nSPS) is 21.5. The first-order valence-electron chi connectivity index (χ1n) is 13.0. The Morgan fingerprint density at radius 2 is 1.89 bits per heavy atom. The molecular weight excluding hydrogens is 454 g/mol. The van der Waals surface area contributed by atoms with Crippen LogP contribution >= 0.6 is 0 Å². The van der Waals surface area contributed by atoms with Crippen LogP contribution in [0.25, 0.3) is 10.9 Å². The average Bonchev–Trinajstić information content (AvgIpc) is 3.29. The van der Waals surface area contributed by atoms with Gasteiger partial charge >= 0.3 is 0 Å². The highest BCUT2D eigenvalue weighted by atomic mass is 16.5. The molecule has 2 aliphatic rings. The molecule has 7 heteroatoms. The lowest BCUT2D eigenvalue weighted by Gasteiger charge is -2.51. The summed E-state index contributed by atoms with van der Waals surface area (Å²) in [5.74, 6) is 1.23. The second-order valence-electron chi connectivity index (χ2n) is 9.93. The molecule has 36 heavy (non-hydrogen) atoms. The van der Waals surface area contributed by atoms with Crippen LogP contribution in [0.15, 0.2) is 42.5 Å². The maximum atomic E-state index is 13.9. The molecule has 3 aromatic rings. The van der Waals surface area contributed by atoms with E-state index in [4.69, 9.17) is 9.47 Å². The van der Waals surface area contributed by atoms with Crippen LogP contribution in [0, 0.1) is 0 Å². The van der Waals surface area contributed by atoms with Crippen LogP contribution < -0.4 is 9.47 Å². The van der Waals surface area contributed by atoms with Crippen LogP contribution in [-0.2, 0) is 15.1 Å². The summed E-state index contributed by atoms with van der Waals surface area (Å²) in [7, 11) is 1.64. The van der Waals surface area contributed by atoms with E-state index >= 15 is 0 Å². The fraction of sp³-hybridized carbons (Fsp3) is 0.448. The highest BCUT2D eigenvalue weighted by molar-refractivity contribution is 6.01. The first-order chi connectivity index (χ1) is 17.4. The van der Waals surface area contributed by atoms with Gasteiger partial charge in [0.1, 0.15) is 0 Å². The third kappa shape index (κ3) is 3.72. The van der Waals surface area contributed by atoms with Crippen molar-refractivity contribution in [2.75, 3.05) is 33.4 Å². The van der Waals surface area contributed by atoms with E-state index in [1.165, 1.54) is 0 Å². The van der Waals surface area contributed by atoms with E-state index in [0.717, 1.165) is 47.0 Å². The summed E-state index contributed by atoms with van der Waals surface area (Å²) in [6.07, 6.45) is 2.76. The van der Waals surface area contributed by atoms with Gasteiger partial charge < -0.3 is 24.3 Å². The molecule has 0 saturated carbocycles. The minimum atomic E-state index is -1.07. The van der Waals surface area contributed by atoms with Crippen LogP contribution in [0.4, 0.5) is 0 Å². The van der Waals surface area contributed by atoms with Crippen molar-refractivity contribution >= 4 is 22.7 Å². The molecule has 0 bridgehead atoms. The predicted octanol–water partition coefficient (Wildman–Crippen LogP) is 4.80. The first kappa shape index (κ1) is 24.2. The number of carbonyl (C=O) groups excluding carboxylic acids is 2. The number of fused-ring (bicyclic) bond motifs is 5. The van der Waals surface area contributed by atoms with Gasteiger partial charge in [-0.1, -0.05) is 44.5 Å². The van der Waals surface area contributed by atoms with Crippen LogP contribution in [0.1, 0.15) is 62.8 Å². The Morgan fingerprint density at radius 1 is 1.08 bits per heavy atom. The topological polar surface area (TPSA) is 74.9 Å². The molecule has 1 saturated heterocycles. The number of nitrogens with one attached hydrogen (secondary N) is 1. The Hall–Kier alpha value is -3.48. The Morgan fingerprint density at radius 3 is 2.64 bits per heavy atom. The fourth-order valence-electron chi connectivity index (χ4n) is 5.74. The molecule has 7 nitrogen and oxygen atoms in total. The number of aromatic amines is 1. The molecule has 0 radical (unpaired) electrons. The summed E-state index contributed by atoms with van der Waals surface area (Å²) in [6, 6.07) is 14.1. The van der Waals surface area contributed by atoms with Crippen molar-refractivity contribution in [2.45, 2.75) is 51.5 Å². The number of carbonyl (C=O) groups is 2. The number of piperazine rings is 1. The van der Waals surface area contributed by atoms with Gasteiger partial charge in [0, 0.05) is 29.9 Å². The van der Waals surface area contributed by atoms with Crippen molar-refractivity contribution in [1.29, 1.82) is 0 Å². The molecule has 5 rings (SSSR count). The van der Waals surface area contributed by atoms with Crippen LogP contribution in [0.5, 0.6) is 11.5 Å². The van der Waals surface area contributed by atoms with Gasteiger partial charge in [-0.25, -0.2) is 0 Å². The van der Waals surface area contributed by atoms with Gasteiger partial charge in [0.05, 0.1) is 26.0 Å². The lowest BCUT2D eigenvalue weighted by Crippen LogP contribution is -2.67. The molecule has 2 amide bonds. The zero-order chi connectivity index (χ0) is 25.4. The maximum absolute atomic E-state index is 13.9. The molecule has 3 heterocycles. The van der Waals surface area contributed by atoms with Gasteiger partial charge in [0.25, 0.3) is 5.91 Å². The summed E-state index contributed by atoms with van der Waals surface area (Å²) in [5.41, 5.74) is 2.81. The average molecular weight is 490 g/mol. The van der Waals surface area contributed by atoms with Gasteiger partial charge in [-0.05, 0) is 49.1 Å². The van der Waals surface area contributed by atoms with Gasteiger partial charge in [-0.3, -0.25) is 9.59 Å². The summed E-state index contributed by atoms with van der Waals surface area (Å²) in [6.45, 7) is 7.83. The number of unbranched alkanes of at least 4 members (excludes halogenated alkanes) is 1. The van der Waals surface area contributed by atoms with Crippen LogP contribution in [0.2, 0.25) is 0 Å². The van der Waals surface area contributed by atoms with Crippen LogP contribution in [-0.4, -0.2) is 59.9 Å². The SMILES string of the molecule is CCCCN1CC(=O)N2CC(c3ccc(OCCC)c(OC)c3)c3c([nH]c4ccccc34)[C@@]2(C)C1=O. The van der Waals surface area contributed by atoms with Gasteiger partial charge in [-0.2, -0.15) is 0 Å². The van der Waals surface area contributed by atoms with Gasteiger partial charge in [0.15, 0.2) is 17.0 Å². The second kappa shape index (κ2) is 9.52. The Bertz CT molecular complexity index is 1300. The van der Waals surface area contributed by atoms with E-state index in [1.807, 2.05) is 37.3 Å². The fourth-order valence-corrected chi connectivity index (χ4v) is 5.74. The Labute approximate surface area is 212 Å². The summed E-state index contributed by atoms with van der Waals surface area (Å²) in [5, 5.41) is 1.08. The molecule has 1 N–H and O–H groups in total. The van der Waals surface area contributed by atoms with E-state index in [1.54, 1.807) is 16.9 Å². The number of rotatable bonds is 8. The summed E-state index contributed by atoms with van der Waals surface area (Å²) >= 11 is 0. The predicted molar refractivity (Wildman–Crippen MR) is 139 cm³/mol. The molecular formula is C29H35N3O4. The number of methoxy groups -OCH3 is 1. The van der Waals surface area contributed by atoms with E-state index in [0.29, 0.717) is 31.2 Å². The highest BCUT2D eigenvalue weighted by Crippen LogP contribution is 2.49. The molecule has 1 unspecified atom stereocenters. The lowest BCUT2D eigenvalue weighted by atomic mass is 9.76. The zero-order valence-electron chi connectivity index (χ0n) is 21.6. The minimum Gasteiger partial charge on any atom is -0.493 e. The molecule has 1 fully saturated rings. The molecule has 1 aromatic heterocycles. The number of hydrogen-bond acceptors (Lipinski definition) is 4. The molecule has 0 aliphatic carbocycles. The summed E-state index contributed by atoms with van der Waals surface area (Å²) < 4.78 is 11.5. The summed E-state index contributed by atoms with van der Waals surface area (Å²) in [4.78, 5) is 34.5. The van der Waals surface area contributed by atoms with Crippen molar-refractivity contribution in [3.05, 3.63) is 59.3 Å². The van der Waals surface area contributed by atoms with Crippen molar-refractivity contribution in [2.24, 2.45) is 0 Å². The van der Waals surface area contributed by atoms with Crippen molar-refractivity contribution in [3.8, 4) is 11.5 Å². The first-order valence-corrected chi connectivity index (χ1v) is 13.0. The number of nitrogens with zero attached hydrogens (tertiary/aromatic N) is 2. The van der Waals surface area contributed by atoms with Gasteiger partial charge in [-0.15, -0.1) is 0 Å². The molecule has 2 aliphatic heterocycles. The number of benzene rings is 2. The van der Waals surface area contributed by atoms with E-state index < -0.39 is 5.54 Å². The maximum Gasteiger partial charge on any atom is 0.254 e. The number of ether oxygens (including phenoxy) is 2. The smallest absolute Gasteiger partial charge is 0.254 e. The van der Waals surface area contributed by atoms with Crippen molar-refractivity contribution < 1.29 is 19.1 Å². The third-order valence-electron chi connectivity index (χ3n) is 7.65. The van der Waals surface area contributed by atoms with Gasteiger partial charge in [0.2, 0.25) is 5.91 Å². The Kier molecular flexibility index (Phi) is 6.41. The number of aromatic nitrogens is 1. The molecule has 2 aromatic carbocycles. The number of para-hydroxylation sites is 1. The largest absolute Gasteiger partial charge is 0.493 e. The number of H-pyrrole nitrogens is 1. The van der Waals surface area contributed by atoms with Crippen molar-refractivity contribution in [1.82, 2.24) is 14.8 Å². The van der Waals surface area contributed by atoms with E-state index in [-0.39, 0.29) is 24.3 Å². The number of hydrogen-bond donors (Lipinski definition) is 1. The highest BCUT2D eigenvalue weighted by Gasteiger charge is 2.56.